The number of carboxylic acids is 2. The van der Waals surface area contributed by atoms with Gasteiger partial charge in [0.05, 0.1) is 12.5 Å². The molecule has 0 saturated heterocycles. The minimum Gasteiger partial charge on any atom is -0.481 e. The quantitative estimate of drug-likeness (QED) is 0.254. The number of nitrogens with one attached hydrogen (secondary N) is 3. The molecule has 0 radical (unpaired) electrons. The van der Waals surface area contributed by atoms with Crippen LogP contribution < -0.4 is 21.7 Å². The van der Waals surface area contributed by atoms with Gasteiger partial charge in [-0.05, 0) is 19.8 Å². The van der Waals surface area contributed by atoms with Crippen molar-refractivity contribution in [3.8, 4) is 0 Å². The van der Waals surface area contributed by atoms with E-state index in [1.807, 2.05) is 0 Å². The molecule has 0 aliphatic heterocycles. The van der Waals surface area contributed by atoms with Crippen LogP contribution in [0.2, 0.25) is 0 Å². The number of amides is 3. The number of aliphatic carboxylic acids is 2. The van der Waals surface area contributed by atoms with Crippen molar-refractivity contribution in [2.75, 3.05) is 0 Å². The van der Waals surface area contributed by atoms with Gasteiger partial charge in [0.1, 0.15) is 18.1 Å². The number of nitrogens with two attached hydrogens (primary N) is 1. The van der Waals surface area contributed by atoms with Crippen LogP contribution in [0.25, 0.3) is 0 Å². The molecule has 0 fully saturated rings. The normalized spacial score (nSPS) is 15.3. The summed E-state index contributed by atoms with van der Waals surface area (Å²) in [5.41, 5.74) is 5.37. The molecule has 7 N–H and O–H groups in total. The molecule has 4 atom stereocenters. The van der Waals surface area contributed by atoms with Gasteiger partial charge >= 0.3 is 11.9 Å². The first-order valence-electron chi connectivity index (χ1n) is 7.98. The monoisotopic (exact) mass is 374 g/mol. The maximum atomic E-state index is 12.2. The molecule has 148 valence electrons. The van der Waals surface area contributed by atoms with Gasteiger partial charge in [-0.15, -0.1) is 0 Å². The molecule has 0 aromatic carbocycles. The average molecular weight is 374 g/mol. The summed E-state index contributed by atoms with van der Waals surface area (Å²) in [6.07, 6.45) is -0.706. The smallest absolute Gasteiger partial charge is 0.326 e. The van der Waals surface area contributed by atoms with Gasteiger partial charge in [0.25, 0.3) is 0 Å². The predicted molar refractivity (Wildman–Crippen MR) is 89.8 cm³/mol. The van der Waals surface area contributed by atoms with E-state index in [0.717, 1.165) is 0 Å². The third kappa shape index (κ3) is 7.92. The van der Waals surface area contributed by atoms with Crippen LogP contribution in [0.1, 0.15) is 34.1 Å². The Morgan fingerprint density at radius 2 is 1.38 bits per heavy atom. The van der Waals surface area contributed by atoms with Crippen LogP contribution in [0.4, 0.5) is 0 Å². The lowest BCUT2D eigenvalue weighted by molar-refractivity contribution is -0.144. The second-order valence-corrected chi connectivity index (χ2v) is 6.25. The third-order valence-electron chi connectivity index (χ3n) is 3.41. The van der Waals surface area contributed by atoms with Gasteiger partial charge in [0, 0.05) is 0 Å². The minimum absolute atomic E-state index is 0.385. The van der Waals surface area contributed by atoms with E-state index in [4.69, 9.17) is 15.9 Å². The van der Waals surface area contributed by atoms with Crippen molar-refractivity contribution in [1.29, 1.82) is 0 Å². The van der Waals surface area contributed by atoms with E-state index >= 15 is 0 Å². The van der Waals surface area contributed by atoms with Crippen LogP contribution in [0, 0.1) is 5.92 Å². The molecule has 3 amide bonds. The van der Waals surface area contributed by atoms with Crippen LogP contribution in [-0.2, 0) is 24.0 Å². The largest absolute Gasteiger partial charge is 0.481 e. The van der Waals surface area contributed by atoms with Crippen molar-refractivity contribution in [2.45, 2.75) is 58.3 Å². The molecule has 0 aromatic rings. The zero-order chi connectivity index (χ0) is 20.6. The zero-order valence-corrected chi connectivity index (χ0v) is 15.1. The van der Waals surface area contributed by atoms with Gasteiger partial charge in [0.2, 0.25) is 17.7 Å². The van der Waals surface area contributed by atoms with Gasteiger partial charge in [0.15, 0.2) is 0 Å². The SMILES string of the molecule is CC(N)C(=O)NC(CC(=O)O)C(=O)NC(C)C(=O)NC(C(=O)O)C(C)C. The van der Waals surface area contributed by atoms with E-state index in [1.165, 1.54) is 13.8 Å². The summed E-state index contributed by atoms with van der Waals surface area (Å²) in [4.78, 5) is 57.8. The Kier molecular flexibility index (Phi) is 9.27. The number of hydrogen-bond donors (Lipinski definition) is 6. The van der Waals surface area contributed by atoms with Crippen LogP contribution in [-0.4, -0.2) is 64.0 Å². The molecule has 0 aliphatic carbocycles. The molecule has 11 nitrogen and oxygen atoms in total. The van der Waals surface area contributed by atoms with Crippen molar-refractivity contribution in [2.24, 2.45) is 11.7 Å². The van der Waals surface area contributed by atoms with Crippen LogP contribution >= 0.6 is 0 Å². The van der Waals surface area contributed by atoms with E-state index in [1.54, 1.807) is 13.8 Å². The van der Waals surface area contributed by atoms with E-state index < -0.39 is 60.2 Å². The van der Waals surface area contributed by atoms with E-state index in [2.05, 4.69) is 16.0 Å². The fraction of sp³-hybridized carbons (Fsp3) is 0.667. The summed E-state index contributed by atoms with van der Waals surface area (Å²) in [7, 11) is 0. The average Bonchev–Trinajstić information content (AvgIpc) is 2.49. The molecule has 11 heteroatoms. The van der Waals surface area contributed by atoms with Gasteiger partial charge in [-0.25, -0.2) is 4.79 Å². The van der Waals surface area contributed by atoms with Gasteiger partial charge in [-0.1, -0.05) is 13.8 Å². The molecule has 0 spiro atoms. The summed E-state index contributed by atoms with van der Waals surface area (Å²) in [6.45, 7) is 5.88. The lowest BCUT2D eigenvalue weighted by Crippen LogP contribution is -2.57. The standard InChI is InChI=1S/C15H26N4O7/c1-6(2)11(15(25)26)19-13(23)8(4)17-14(24)9(5-10(20)21)18-12(22)7(3)16/h6-9,11H,5,16H2,1-4H3,(H,17,24)(H,18,22)(H,19,23)(H,20,21)(H,25,26). The maximum absolute atomic E-state index is 12.2. The Labute approximate surface area is 150 Å². The Hall–Kier alpha value is -2.69. The molecule has 26 heavy (non-hydrogen) atoms. The Morgan fingerprint density at radius 1 is 0.846 bits per heavy atom. The topological polar surface area (TPSA) is 188 Å². The summed E-state index contributed by atoms with van der Waals surface area (Å²) >= 11 is 0. The first-order valence-corrected chi connectivity index (χ1v) is 7.98. The molecule has 0 bridgehead atoms. The fourth-order valence-electron chi connectivity index (χ4n) is 1.86. The molecule has 0 aliphatic rings. The molecular formula is C15H26N4O7. The maximum Gasteiger partial charge on any atom is 0.326 e. The summed E-state index contributed by atoms with van der Waals surface area (Å²) in [5.74, 6) is -5.33. The highest BCUT2D eigenvalue weighted by atomic mass is 16.4. The number of carboxylic acid groups (broad SMARTS) is 2. The van der Waals surface area contributed by atoms with Crippen molar-refractivity contribution < 1.29 is 34.2 Å². The van der Waals surface area contributed by atoms with Crippen molar-refractivity contribution in [3.63, 3.8) is 0 Å². The highest BCUT2D eigenvalue weighted by Crippen LogP contribution is 2.02. The highest BCUT2D eigenvalue weighted by molar-refractivity contribution is 5.95. The number of rotatable bonds is 10. The Bertz CT molecular complexity index is 562. The third-order valence-corrected chi connectivity index (χ3v) is 3.41. The number of carbonyl (C=O) groups is 5. The zero-order valence-electron chi connectivity index (χ0n) is 15.1. The van der Waals surface area contributed by atoms with E-state index in [0.29, 0.717) is 0 Å². The molecule has 0 rings (SSSR count). The van der Waals surface area contributed by atoms with Gasteiger partial charge in [-0.3, -0.25) is 19.2 Å². The Balaban J connectivity index is 4.99. The molecule has 0 saturated carbocycles. The predicted octanol–water partition coefficient (Wildman–Crippen LogP) is -1.98. The fourth-order valence-corrected chi connectivity index (χ4v) is 1.86. The lowest BCUT2D eigenvalue weighted by atomic mass is 10.0. The number of hydrogen-bond acceptors (Lipinski definition) is 6. The minimum atomic E-state index is -1.43. The molecule has 4 unspecified atom stereocenters. The molecular weight excluding hydrogens is 348 g/mol. The van der Waals surface area contributed by atoms with Gasteiger partial charge < -0.3 is 31.9 Å². The molecule has 0 aromatic heterocycles. The van der Waals surface area contributed by atoms with Crippen molar-refractivity contribution >= 4 is 29.7 Å². The summed E-state index contributed by atoms with van der Waals surface area (Å²) < 4.78 is 0. The Morgan fingerprint density at radius 3 is 1.77 bits per heavy atom. The van der Waals surface area contributed by atoms with Gasteiger partial charge in [-0.2, -0.15) is 0 Å². The van der Waals surface area contributed by atoms with Crippen molar-refractivity contribution in [1.82, 2.24) is 16.0 Å². The van der Waals surface area contributed by atoms with E-state index in [-0.39, 0.29) is 5.92 Å². The second-order valence-electron chi connectivity index (χ2n) is 6.25. The second kappa shape index (κ2) is 10.3. The summed E-state index contributed by atoms with van der Waals surface area (Å²) in [6, 6.07) is -4.68. The van der Waals surface area contributed by atoms with Crippen LogP contribution in [0.15, 0.2) is 0 Å². The van der Waals surface area contributed by atoms with Crippen LogP contribution in [0.3, 0.4) is 0 Å². The first kappa shape index (κ1) is 23.3. The molecule has 0 heterocycles. The van der Waals surface area contributed by atoms with E-state index in [9.17, 15) is 24.0 Å². The summed E-state index contributed by atoms with van der Waals surface area (Å²) in [5, 5.41) is 24.6. The first-order chi connectivity index (χ1) is 11.9. The van der Waals surface area contributed by atoms with Crippen molar-refractivity contribution in [3.05, 3.63) is 0 Å². The number of carbonyl (C=O) groups excluding carboxylic acids is 3. The van der Waals surface area contributed by atoms with Crippen LogP contribution in [0.5, 0.6) is 0 Å². The lowest BCUT2D eigenvalue weighted by Gasteiger charge is -2.23. The highest BCUT2D eigenvalue weighted by Gasteiger charge is 2.29.